The molecule has 0 aliphatic carbocycles. The minimum Gasteiger partial charge on any atom is -0.506 e. The molecule has 1 aromatic carbocycles. The second kappa shape index (κ2) is 6.16. The van der Waals surface area contributed by atoms with E-state index in [1.165, 1.54) is 0 Å². The van der Waals surface area contributed by atoms with Crippen LogP contribution in [-0.2, 0) is 4.79 Å². The Balaban J connectivity index is 1.61. The fourth-order valence-corrected chi connectivity index (χ4v) is 3.54. The number of hydrogen-bond donors (Lipinski definition) is 1. The Morgan fingerprint density at radius 3 is 2.36 bits per heavy atom. The van der Waals surface area contributed by atoms with Gasteiger partial charge >= 0.3 is 0 Å². The zero-order valence-corrected chi connectivity index (χ0v) is 13.4. The molecule has 0 bridgehead atoms. The maximum absolute atomic E-state index is 12.5. The van der Waals surface area contributed by atoms with E-state index in [1.54, 1.807) is 6.07 Å². The third-order valence-corrected chi connectivity index (χ3v) is 4.81. The van der Waals surface area contributed by atoms with Crippen LogP contribution >= 0.6 is 0 Å². The zero-order valence-electron chi connectivity index (χ0n) is 13.4. The van der Waals surface area contributed by atoms with Crippen molar-refractivity contribution in [3.63, 3.8) is 0 Å². The summed E-state index contributed by atoms with van der Waals surface area (Å²) in [7, 11) is 0. The first-order valence-corrected chi connectivity index (χ1v) is 8.15. The van der Waals surface area contributed by atoms with Crippen molar-refractivity contribution in [3.05, 3.63) is 24.3 Å². The number of piperazine rings is 1. The second-order valence-electron chi connectivity index (χ2n) is 6.44. The Hall–Kier alpha value is -1.75. The lowest BCUT2D eigenvalue weighted by Crippen LogP contribution is -2.53. The number of aromatic hydroxyl groups is 1. The third kappa shape index (κ3) is 2.77. The summed E-state index contributed by atoms with van der Waals surface area (Å²) < 4.78 is 0. The highest BCUT2D eigenvalue weighted by atomic mass is 16.3. The smallest absolute Gasteiger partial charge is 0.240 e. The molecule has 22 heavy (non-hydrogen) atoms. The number of amides is 1. The monoisotopic (exact) mass is 303 g/mol. The van der Waals surface area contributed by atoms with Crippen LogP contribution in [0.15, 0.2) is 24.3 Å². The predicted octanol–water partition coefficient (Wildman–Crippen LogP) is 1.52. The van der Waals surface area contributed by atoms with Gasteiger partial charge in [0.25, 0.3) is 0 Å². The number of nitrogens with zero attached hydrogens (tertiary/aromatic N) is 3. The summed E-state index contributed by atoms with van der Waals surface area (Å²) in [6.45, 7) is 8.48. The van der Waals surface area contributed by atoms with Crippen LogP contribution in [0.25, 0.3) is 0 Å². The highest BCUT2D eigenvalue weighted by Crippen LogP contribution is 2.28. The van der Waals surface area contributed by atoms with E-state index in [9.17, 15) is 9.90 Å². The molecule has 1 amide bonds. The molecule has 3 rings (SSSR count). The maximum atomic E-state index is 12.5. The number of carbonyl (C=O) groups excluding carboxylic acids is 1. The second-order valence-corrected chi connectivity index (χ2v) is 6.44. The maximum Gasteiger partial charge on any atom is 0.240 e. The Morgan fingerprint density at radius 1 is 1.09 bits per heavy atom. The van der Waals surface area contributed by atoms with Gasteiger partial charge in [-0.15, -0.1) is 0 Å². The largest absolute Gasteiger partial charge is 0.506 e. The third-order valence-electron chi connectivity index (χ3n) is 4.81. The van der Waals surface area contributed by atoms with E-state index in [0.717, 1.165) is 44.8 Å². The molecule has 120 valence electrons. The number of benzene rings is 1. The van der Waals surface area contributed by atoms with Crippen molar-refractivity contribution in [1.82, 2.24) is 9.80 Å². The number of phenols is 1. The summed E-state index contributed by atoms with van der Waals surface area (Å²) in [6, 6.07) is 7.80. The van der Waals surface area contributed by atoms with Crippen molar-refractivity contribution in [2.45, 2.75) is 32.4 Å². The van der Waals surface area contributed by atoms with Crippen molar-refractivity contribution >= 4 is 11.6 Å². The molecule has 2 saturated heterocycles. The molecule has 1 N–H and O–H groups in total. The number of carbonyl (C=O) groups is 1. The number of rotatable bonds is 3. The van der Waals surface area contributed by atoms with Crippen LogP contribution in [0.3, 0.4) is 0 Å². The van der Waals surface area contributed by atoms with Crippen LogP contribution in [0.4, 0.5) is 5.69 Å². The summed E-state index contributed by atoms with van der Waals surface area (Å²) in [4.78, 5) is 19.0. The minimum absolute atomic E-state index is 0.0499. The normalized spacial score (nSPS) is 23.6. The summed E-state index contributed by atoms with van der Waals surface area (Å²) in [5, 5.41) is 9.96. The quantitative estimate of drug-likeness (QED) is 0.920. The van der Waals surface area contributed by atoms with Gasteiger partial charge in [-0.3, -0.25) is 9.69 Å². The lowest BCUT2D eigenvalue weighted by Gasteiger charge is -2.38. The van der Waals surface area contributed by atoms with E-state index in [0.29, 0.717) is 11.8 Å². The number of anilines is 1. The molecule has 0 aromatic heterocycles. The predicted molar refractivity (Wildman–Crippen MR) is 87.1 cm³/mol. The van der Waals surface area contributed by atoms with E-state index in [1.807, 2.05) is 23.1 Å². The molecule has 0 radical (unpaired) electrons. The van der Waals surface area contributed by atoms with E-state index >= 15 is 0 Å². The SMILES string of the molecule is CC(C)N1CCC(N2CCN(c3ccccc3O)CC2)C1=O. The van der Waals surface area contributed by atoms with Gasteiger partial charge in [-0.1, -0.05) is 12.1 Å². The fourth-order valence-electron chi connectivity index (χ4n) is 3.54. The Bertz CT molecular complexity index is 538. The Kier molecular flexibility index (Phi) is 4.25. The molecule has 2 aliphatic heterocycles. The fraction of sp³-hybridized carbons (Fsp3) is 0.588. The highest BCUT2D eigenvalue weighted by molar-refractivity contribution is 5.84. The van der Waals surface area contributed by atoms with Crippen molar-refractivity contribution < 1.29 is 9.90 Å². The summed E-state index contributed by atoms with van der Waals surface area (Å²) in [6.07, 6.45) is 0.938. The number of hydrogen-bond acceptors (Lipinski definition) is 4. The van der Waals surface area contributed by atoms with Crippen LogP contribution in [0.1, 0.15) is 20.3 Å². The summed E-state index contributed by atoms with van der Waals surface area (Å²) in [5.74, 6) is 0.616. The van der Waals surface area contributed by atoms with Crippen molar-refractivity contribution in [2.75, 3.05) is 37.6 Å². The first-order chi connectivity index (χ1) is 10.6. The molecule has 1 atom stereocenters. The van der Waals surface area contributed by atoms with Crippen LogP contribution in [0, 0.1) is 0 Å². The molecular weight excluding hydrogens is 278 g/mol. The van der Waals surface area contributed by atoms with E-state index in [2.05, 4.69) is 23.6 Å². The van der Waals surface area contributed by atoms with Gasteiger partial charge in [-0.25, -0.2) is 0 Å². The molecule has 5 heteroatoms. The number of para-hydroxylation sites is 2. The molecule has 0 saturated carbocycles. The molecule has 1 unspecified atom stereocenters. The lowest BCUT2D eigenvalue weighted by molar-refractivity contribution is -0.133. The van der Waals surface area contributed by atoms with Crippen molar-refractivity contribution in [3.8, 4) is 5.75 Å². The first kappa shape index (κ1) is 15.2. The highest BCUT2D eigenvalue weighted by Gasteiger charge is 2.38. The van der Waals surface area contributed by atoms with Crippen LogP contribution < -0.4 is 4.90 Å². The van der Waals surface area contributed by atoms with Crippen LogP contribution in [0.2, 0.25) is 0 Å². The summed E-state index contributed by atoms with van der Waals surface area (Å²) in [5.41, 5.74) is 0.892. The molecule has 2 aliphatic rings. The Morgan fingerprint density at radius 2 is 1.77 bits per heavy atom. The molecular formula is C17H25N3O2. The average molecular weight is 303 g/mol. The number of likely N-dealkylation sites (tertiary alicyclic amines) is 1. The molecule has 0 spiro atoms. The molecule has 2 heterocycles. The van der Waals surface area contributed by atoms with Crippen molar-refractivity contribution in [1.29, 1.82) is 0 Å². The first-order valence-electron chi connectivity index (χ1n) is 8.15. The van der Waals surface area contributed by atoms with E-state index < -0.39 is 0 Å². The van der Waals surface area contributed by atoms with Gasteiger partial charge in [0.1, 0.15) is 5.75 Å². The summed E-state index contributed by atoms with van der Waals surface area (Å²) >= 11 is 0. The standard InChI is InChI=1S/C17H25N3O2/c1-13(2)20-8-7-15(17(20)22)19-11-9-18(10-12-19)14-5-3-4-6-16(14)21/h3-6,13,15,21H,7-12H2,1-2H3. The van der Waals surface area contributed by atoms with Gasteiger partial charge in [-0.05, 0) is 32.4 Å². The van der Waals surface area contributed by atoms with Gasteiger partial charge in [-0.2, -0.15) is 0 Å². The lowest BCUT2D eigenvalue weighted by atomic mass is 10.1. The molecule has 2 fully saturated rings. The van der Waals surface area contributed by atoms with Crippen molar-refractivity contribution in [2.24, 2.45) is 0 Å². The molecule has 1 aromatic rings. The zero-order chi connectivity index (χ0) is 15.7. The van der Waals surface area contributed by atoms with Gasteiger partial charge in [0.2, 0.25) is 5.91 Å². The number of phenolic OH excluding ortho intramolecular Hbond substituents is 1. The van der Waals surface area contributed by atoms with Gasteiger partial charge < -0.3 is 14.9 Å². The van der Waals surface area contributed by atoms with Gasteiger partial charge in [0.05, 0.1) is 11.7 Å². The Labute approximate surface area is 132 Å². The van der Waals surface area contributed by atoms with E-state index in [4.69, 9.17) is 0 Å². The van der Waals surface area contributed by atoms with Crippen LogP contribution in [-0.4, -0.2) is 65.6 Å². The minimum atomic E-state index is 0.0499. The van der Waals surface area contributed by atoms with Crippen LogP contribution in [0.5, 0.6) is 5.75 Å². The average Bonchev–Trinajstić information content (AvgIpc) is 2.90. The van der Waals surface area contributed by atoms with Gasteiger partial charge in [0.15, 0.2) is 0 Å². The van der Waals surface area contributed by atoms with E-state index in [-0.39, 0.29) is 11.9 Å². The molecule has 5 nitrogen and oxygen atoms in total. The topological polar surface area (TPSA) is 47.0 Å². The van der Waals surface area contributed by atoms with Gasteiger partial charge in [0, 0.05) is 38.8 Å².